The van der Waals surface area contributed by atoms with E-state index in [2.05, 4.69) is 32.0 Å². The maximum absolute atomic E-state index is 6.14. The van der Waals surface area contributed by atoms with Crippen LogP contribution in [0.25, 0.3) is 10.2 Å². The summed E-state index contributed by atoms with van der Waals surface area (Å²) in [6.45, 7) is 0. The van der Waals surface area contributed by atoms with Crippen LogP contribution >= 0.6 is 50.6 Å². The Morgan fingerprint density at radius 3 is 2.89 bits per heavy atom. The number of halogens is 2. The lowest BCUT2D eigenvalue weighted by Crippen LogP contribution is -1.81. The number of hydrogen-bond acceptors (Lipinski definition) is 4. The predicted molar refractivity (Wildman–Crippen MR) is 80.7 cm³/mol. The molecule has 6 heteroatoms. The molecule has 0 amide bonds. The average Bonchev–Trinajstić information content (AvgIpc) is 2.75. The van der Waals surface area contributed by atoms with E-state index >= 15 is 0 Å². The SMILES string of the molecule is Clc1cc(Br)cnc1Sc1nc2ccccc2s1. The Kier molecular flexibility index (Phi) is 3.56. The molecule has 18 heavy (non-hydrogen) atoms. The molecule has 3 aromatic rings. The molecule has 0 saturated heterocycles. The highest BCUT2D eigenvalue weighted by Crippen LogP contribution is 2.36. The van der Waals surface area contributed by atoms with Crippen LogP contribution in [0.2, 0.25) is 5.02 Å². The first kappa shape index (κ1) is 12.4. The normalized spacial score (nSPS) is 11.0. The van der Waals surface area contributed by atoms with Gasteiger partial charge in [0.15, 0.2) is 4.34 Å². The minimum absolute atomic E-state index is 0.633. The quantitative estimate of drug-likeness (QED) is 0.626. The predicted octanol–water partition coefficient (Wildman–Crippen LogP) is 5.26. The van der Waals surface area contributed by atoms with Crippen LogP contribution in [0, 0.1) is 0 Å². The number of fused-ring (bicyclic) bond motifs is 1. The van der Waals surface area contributed by atoms with Gasteiger partial charge in [0.2, 0.25) is 0 Å². The third-order valence-electron chi connectivity index (χ3n) is 2.23. The summed E-state index contributed by atoms with van der Waals surface area (Å²) in [6, 6.07) is 9.91. The third kappa shape index (κ3) is 2.54. The second kappa shape index (κ2) is 5.17. The van der Waals surface area contributed by atoms with Gasteiger partial charge in [0, 0.05) is 10.7 Å². The van der Waals surface area contributed by atoms with Crippen LogP contribution in [-0.2, 0) is 0 Å². The van der Waals surface area contributed by atoms with Gasteiger partial charge in [0.05, 0.1) is 15.2 Å². The van der Waals surface area contributed by atoms with E-state index in [0.29, 0.717) is 5.02 Å². The van der Waals surface area contributed by atoms with Gasteiger partial charge < -0.3 is 0 Å². The van der Waals surface area contributed by atoms with Gasteiger partial charge in [-0.15, -0.1) is 11.3 Å². The van der Waals surface area contributed by atoms with E-state index in [1.807, 2.05) is 24.3 Å². The molecule has 2 heterocycles. The summed E-state index contributed by atoms with van der Waals surface area (Å²) < 4.78 is 3.00. The summed E-state index contributed by atoms with van der Waals surface area (Å²) >= 11 is 12.6. The number of rotatable bonds is 2. The maximum Gasteiger partial charge on any atom is 0.157 e. The van der Waals surface area contributed by atoms with Crippen molar-refractivity contribution in [2.75, 3.05) is 0 Å². The van der Waals surface area contributed by atoms with E-state index in [4.69, 9.17) is 11.6 Å². The zero-order chi connectivity index (χ0) is 12.5. The largest absolute Gasteiger partial charge is 0.247 e. The molecule has 0 fully saturated rings. The van der Waals surface area contributed by atoms with Crippen LogP contribution < -0.4 is 0 Å². The molecular weight excluding hydrogens is 352 g/mol. The lowest BCUT2D eigenvalue weighted by Gasteiger charge is -1.99. The van der Waals surface area contributed by atoms with E-state index in [9.17, 15) is 0 Å². The number of thiazole rings is 1. The summed E-state index contributed by atoms with van der Waals surface area (Å²) in [7, 11) is 0. The van der Waals surface area contributed by atoms with Gasteiger partial charge in [-0.2, -0.15) is 0 Å². The molecule has 0 aliphatic carbocycles. The maximum atomic E-state index is 6.14. The fourth-order valence-electron chi connectivity index (χ4n) is 1.45. The van der Waals surface area contributed by atoms with E-state index in [0.717, 1.165) is 19.4 Å². The molecule has 0 saturated carbocycles. The highest BCUT2D eigenvalue weighted by Gasteiger charge is 2.09. The molecule has 0 bridgehead atoms. The summed E-state index contributed by atoms with van der Waals surface area (Å²) in [6.07, 6.45) is 1.74. The zero-order valence-corrected chi connectivity index (χ0v) is 12.9. The Balaban J connectivity index is 1.96. The molecule has 0 aliphatic heterocycles. The van der Waals surface area contributed by atoms with E-state index < -0.39 is 0 Å². The van der Waals surface area contributed by atoms with Gasteiger partial charge in [-0.3, -0.25) is 0 Å². The van der Waals surface area contributed by atoms with Gasteiger partial charge in [-0.05, 0) is 45.9 Å². The lowest BCUT2D eigenvalue weighted by atomic mass is 10.3. The number of para-hydroxylation sites is 1. The smallest absolute Gasteiger partial charge is 0.157 e. The van der Waals surface area contributed by atoms with Crippen molar-refractivity contribution in [3.8, 4) is 0 Å². The summed E-state index contributed by atoms with van der Waals surface area (Å²) in [5.74, 6) is 0. The number of aromatic nitrogens is 2. The van der Waals surface area contributed by atoms with Crippen molar-refractivity contribution in [2.24, 2.45) is 0 Å². The van der Waals surface area contributed by atoms with Gasteiger partial charge in [-0.25, -0.2) is 9.97 Å². The van der Waals surface area contributed by atoms with Crippen LogP contribution in [0.4, 0.5) is 0 Å². The third-order valence-corrected chi connectivity index (χ3v) is 5.18. The minimum Gasteiger partial charge on any atom is -0.247 e. The van der Waals surface area contributed by atoms with Crippen molar-refractivity contribution in [3.05, 3.63) is 46.0 Å². The number of nitrogens with zero attached hydrogens (tertiary/aromatic N) is 2. The van der Waals surface area contributed by atoms with Crippen molar-refractivity contribution in [3.63, 3.8) is 0 Å². The number of benzene rings is 1. The molecule has 0 spiro atoms. The molecule has 0 radical (unpaired) electrons. The fraction of sp³-hybridized carbons (Fsp3) is 0. The van der Waals surface area contributed by atoms with Crippen molar-refractivity contribution in [1.29, 1.82) is 0 Å². The Hall–Kier alpha value is -0.620. The molecule has 0 aliphatic rings. The Bertz CT molecular complexity index is 681. The average molecular weight is 358 g/mol. The second-order valence-electron chi connectivity index (χ2n) is 3.49. The molecule has 0 N–H and O–H groups in total. The lowest BCUT2D eigenvalue weighted by molar-refractivity contribution is 1.12. The second-order valence-corrected chi connectivity index (χ2v) is 7.08. The zero-order valence-electron chi connectivity index (χ0n) is 8.93. The van der Waals surface area contributed by atoms with Crippen molar-refractivity contribution < 1.29 is 0 Å². The summed E-state index contributed by atoms with van der Waals surface area (Å²) in [5, 5.41) is 1.41. The number of pyridine rings is 1. The minimum atomic E-state index is 0.633. The Labute approximate surface area is 126 Å². The first-order valence-electron chi connectivity index (χ1n) is 5.07. The highest BCUT2D eigenvalue weighted by molar-refractivity contribution is 9.10. The van der Waals surface area contributed by atoms with Gasteiger partial charge in [0.25, 0.3) is 0 Å². The van der Waals surface area contributed by atoms with E-state index in [1.165, 1.54) is 16.5 Å². The molecule has 1 aromatic carbocycles. The van der Waals surface area contributed by atoms with Crippen LogP contribution in [0.15, 0.2) is 50.4 Å². The van der Waals surface area contributed by atoms with Gasteiger partial charge in [0.1, 0.15) is 5.03 Å². The topological polar surface area (TPSA) is 25.8 Å². The van der Waals surface area contributed by atoms with Gasteiger partial charge in [-0.1, -0.05) is 23.7 Å². The fourth-order valence-corrected chi connectivity index (χ4v) is 4.14. The molecule has 3 rings (SSSR count). The first-order valence-corrected chi connectivity index (χ1v) is 7.87. The standard InChI is InChI=1S/C12H6BrClN2S2/c13-7-5-8(14)11(15-6-7)18-12-16-9-3-1-2-4-10(9)17-12/h1-6H. The van der Waals surface area contributed by atoms with E-state index in [1.54, 1.807) is 17.5 Å². The summed E-state index contributed by atoms with van der Waals surface area (Å²) in [5.41, 5.74) is 1.01. The van der Waals surface area contributed by atoms with Crippen molar-refractivity contribution in [1.82, 2.24) is 9.97 Å². The Morgan fingerprint density at radius 2 is 2.11 bits per heavy atom. The molecule has 0 unspecified atom stereocenters. The highest BCUT2D eigenvalue weighted by atomic mass is 79.9. The first-order chi connectivity index (χ1) is 8.72. The van der Waals surface area contributed by atoms with Crippen LogP contribution in [-0.4, -0.2) is 9.97 Å². The monoisotopic (exact) mass is 356 g/mol. The molecule has 90 valence electrons. The van der Waals surface area contributed by atoms with Crippen molar-refractivity contribution >= 4 is 60.8 Å². The Morgan fingerprint density at radius 1 is 1.28 bits per heavy atom. The number of hydrogen-bond donors (Lipinski definition) is 0. The molecular formula is C12H6BrClN2S2. The summed E-state index contributed by atoms with van der Waals surface area (Å²) in [4.78, 5) is 8.84. The molecule has 2 aromatic heterocycles. The van der Waals surface area contributed by atoms with Gasteiger partial charge >= 0.3 is 0 Å². The van der Waals surface area contributed by atoms with Crippen molar-refractivity contribution in [2.45, 2.75) is 9.37 Å². The molecule has 0 atom stereocenters. The van der Waals surface area contributed by atoms with E-state index in [-0.39, 0.29) is 0 Å². The van der Waals surface area contributed by atoms with Crippen LogP contribution in [0.3, 0.4) is 0 Å². The van der Waals surface area contributed by atoms with Crippen LogP contribution in [0.5, 0.6) is 0 Å². The molecule has 2 nitrogen and oxygen atoms in total. The van der Waals surface area contributed by atoms with Crippen LogP contribution in [0.1, 0.15) is 0 Å².